The van der Waals surface area contributed by atoms with Crippen LogP contribution in [0.25, 0.3) is 11.3 Å². The fraction of sp³-hybridized carbons (Fsp3) is 0.0625. The van der Waals surface area contributed by atoms with Crippen LogP contribution in [0.3, 0.4) is 0 Å². The van der Waals surface area contributed by atoms with Crippen LogP contribution in [0.15, 0.2) is 56.8 Å². The van der Waals surface area contributed by atoms with Gasteiger partial charge in [0.05, 0.1) is 12.5 Å². The molecule has 0 amide bonds. The molecule has 0 fully saturated rings. The predicted octanol–water partition coefficient (Wildman–Crippen LogP) is 3.10. The minimum absolute atomic E-state index is 0.283. The van der Waals surface area contributed by atoms with Gasteiger partial charge in [-0.2, -0.15) is 10.1 Å². The lowest BCUT2D eigenvalue weighted by molar-refractivity contribution is 0.314. The van der Waals surface area contributed by atoms with Crippen molar-refractivity contribution in [1.82, 2.24) is 20.3 Å². The lowest BCUT2D eigenvalue weighted by atomic mass is 10.2. The molecule has 0 radical (unpaired) electrons. The lowest BCUT2D eigenvalue weighted by Crippen LogP contribution is -2.03. The first-order chi connectivity index (χ1) is 12.3. The Labute approximate surface area is 141 Å². The van der Waals surface area contributed by atoms with Gasteiger partial charge in [0.2, 0.25) is 11.3 Å². The number of hydrogen-bond donors (Lipinski definition) is 2. The first kappa shape index (κ1) is 14.8. The third-order valence-electron chi connectivity index (χ3n) is 3.30. The summed E-state index contributed by atoms with van der Waals surface area (Å²) in [6.45, 7) is 2.01. The maximum Gasteiger partial charge on any atom is 0.245 e. The molecule has 0 unspecified atom stereocenters. The van der Waals surface area contributed by atoms with Crippen molar-refractivity contribution in [2.24, 2.45) is 5.10 Å². The van der Waals surface area contributed by atoms with Crippen LogP contribution in [0.1, 0.15) is 11.3 Å². The van der Waals surface area contributed by atoms with E-state index in [1.165, 1.54) is 6.21 Å². The van der Waals surface area contributed by atoms with Crippen molar-refractivity contribution in [3.8, 4) is 0 Å². The first-order valence-electron chi connectivity index (χ1n) is 7.44. The fourth-order valence-corrected chi connectivity index (χ4v) is 2.18. The smallest absolute Gasteiger partial charge is 0.245 e. The maximum atomic E-state index is 5.19. The monoisotopic (exact) mass is 335 g/mol. The number of furan rings is 1. The number of benzene rings is 1. The minimum atomic E-state index is 0.283. The molecule has 4 rings (SSSR count). The van der Waals surface area contributed by atoms with Crippen LogP contribution in [-0.4, -0.2) is 26.5 Å². The molecule has 1 aromatic carbocycles. The highest BCUT2D eigenvalue weighted by Crippen LogP contribution is 2.24. The fourth-order valence-electron chi connectivity index (χ4n) is 2.18. The molecule has 0 bridgehead atoms. The summed E-state index contributed by atoms with van der Waals surface area (Å²) in [5, 5.41) is 14.7. The SMILES string of the molecule is Cc1cccc(Nc2nc3nonc3nc2NN=Cc2ccco2)c1. The normalized spacial score (nSPS) is 11.2. The Morgan fingerprint density at radius 1 is 1.04 bits per heavy atom. The molecule has 0 saturated heterocycles. The van der Waals surface area contributed by atoms with E-state index >= 15 is 0 Å². The highest BCUT2D eigenvalue weighted by atomic mass is 16.6. The van der Waals surface area contributed by atoms with E-state index in [-0.39, 0.29) is 5.65 Å². The molecule has 0 atom stereocenters. The van der Waals surface area contributed by atoms with Crippen molar-refractivity contribution in [3.63, 3.8) is 0 Å². The van der Waals surface area contributed by atoms with Crippen LogP contribution >= 0.6 is 0 Å². The van der Waals surface area contributed by atoms with Crippen molar-refractivity contribution < 1.29 is 9.05 Å². The molecule has 124 valence electrons. The Kier molecular flexibility index (Phi) is 3.79. The van der Waals surface area contributed by atoms with E-state index in [2.05, 4.69) is 40.8 Å². The Hall–Kier alpha value is -3.75. The quantitative estimate of drug-likeness (QED) is 0.422. The number of aryl methyl sites for hydroxylation is 1. The Morgan fingerprint density at radius 2 is 1.88 bits per heavy atom. The van der Waals surface area contributed by atoms with E-state index in [1.807, 2.05) is 31.2 Å². The van der Waals surface area contributed by atoms with Gasteiger partial charge in [-0.05, 0) is 47.1 Å². The van der Waals surface area contributed by atoms with Crippen LogP contribution in [0.4, 0.5) is 17.3 Å². The topological polar surface area (TPSA) is 114 Å². The molecule has 9 nitrogen and oxygen atoms in total. The predicted molar refractivity (Wildman–Crippen MR) is 91.8 cm³/mol. The van der Waals surface area contributed by atoms with E-state index < -0.39 is 0 Å². The standard InChI is InChI=1S/C16H13N7O2/c1-10-4-2-5-11(8-10)18-13-14(20-16-15(19-13)22-25-23-16)21-17-9-12-6-3-7-24-12/h2-9H,1H3,(H,18,19,22)(H,20,21,23). The molecule has 4 aromatic rings. The highest BCUT2D eigenvalue weighted by molar-refractivity contribution is 5.79. The lowest BCUT2D eigenvalue weighted by Gasteiger charge is -2.09. The van der Waals surface area contributed by atoms with Gasteiger partial charge >= 0.3 is 0 Å². The summed E-state index contributed by atoms with van der Waals surface area (Å²) in [5.74, 6) is 1.44. The summed E-state index contributed by atoms with van der Waals surface area (Å²) < 4.78 is 9.86. The van der Waals surface area contributed by atoms with Crippen LogP contribution in [0.2, 0.25) is 0 Å². The molecule has 3 aromatic heterocycles. The molecule has 9 heteroatoms. The molecule has 0 saturated carbocycles. The van der Waals surface area contributed by atoms with Crippen molar-refractivity contribution in [1.29, 1.82) is 0 Å². The van der Waals surface area contributed by atoms with Gasteiger partial charge in [0.1, 0.15) is 5.76 Å². The number of fused-ring (bicyclic) bond motifs is 1. The third kappa shape index (κ3) is 3.29. The number of hydrazone groups is 1. The van der Waals surface area contributed by atoms with Gasteiger partial charge in [-0.15, -0.1) is 0 Å². The number of hydrogen-bond acceptors (Lipinski definition) is 9. The van der Waals surface area contributed by atoms with Gasteiger partial charge in [-0.1, -0.05) is 12.1 Å². The summed E-state index contributed by atoms with van der Waals surface area (Å²) in [6.07, 6.45) is 3.10. The van der Waals surface area contributed by atoms with E-state index in [0.29, 0.717) is 23.0 Å². The minimum Gasteiger partial charge on any atom is -0.463 e. The molecule has 0 aliphatic rings. The zero-order valence-corrected chi connectivity index (χ0v) is 13.2. The van der Waals surface area contributed by atoms with E-state index in [1.54, 1.807) is 18.4 Å². The van der Waals surface area contributed by atoms with Gasteiger partial charge in [0.15, 0.2) is 11.6 Å². The molecular formula is C16H13N7O2. The van der Waals surface area contributed by atoms with Gasteiger partial charge in [0.25, 0.3) is 0 Å². The molecule has 0 spiro atoms. The average Bonchev–Trinajstić information content (AvgIpc) is 3.26. The van der Waals surface area contributed by atoms with Crippen LogP contribution in [0.5, 0.6) is 0 Å². The first-order valence-corrected chi connectivity index (χ1v) is 7.44. The average molecular weight is 335 g/mol. The second-order valence-electron chi connectivity index (χ2n) is 5.21. The Morgan fingerprint density at radius 3 is 2.64 bits per heavy atom. The molecule has 25 heavy (non-hydrogen) atoms. The summed E-state index contributed by atoms with van der Waals surface area (Å²) >= 11 is 0. The third-order valence-corrected chi connectivity index (χ3v) is 3.30. The van der Waals surface area contributed by atoms with E-state index in [9.17, 15) is 0 Å². The number of anilines is 3. The summed E-state index contributed by atoms with van der Waals surface area (Å²) in [7, 11) is 0. The Balaban J connectivity index is 1.65. The zero-order valence-electron chi connectivity index (χ0n) is 13.2. The summed E-state index contributed by atoms with van der Waals surface area (Å²) in [6, 6.07) is 11.4. The van der Waals surface area contributed by atoms with Gasteiger partial charge in [0, 0.05) is 5.69 Å². The largest absolute Gasteiger partial charge is 0.463 e. The highest BCUT2D eigenvalue weighted by Gasteiger charge is 2.12. The second-order valence-corrected chi connectivity index (χ2v) is 5.21. The van der Waals surface area contributed by atoms with Gasteiger partial charge in [-0.3, -0.25) is 5.43 Å². The number of nitrogens with zero attached hydrogens (tertiary/aromatic N) is 5. The molecular weight excluding hydrogens is 322 g/mol. The van der Waals surface area contributed by atoms with Crippen molar-refractivity contribution in [2.45, 2.75) is 6.92 Å². The van der Waals surface area contributed by atoms with Crippen LogP contribution < -0.4 is 10.7 Å². The molecule has 3 heterocycles. The molecule has 0 aliphatic carbocycles. The van der Waals surface area contributed by atoms with Crippen molar-refractivity contribution in [2.75, 3.05) is 10.7 Å². The molecule has 0 aliphatic heterocycles. The van der Waals surface area contributed by atoms with Crippen molar-refractivity contribution in [3.05, 3.63) is 54.0 Å². The van der Waals surface area contributed by atoms with Crippen molar-refractivity contribution >= 4 is 34.8 Å². The van der Waals surface area contributed by atoms with Gasteiger partial charge < -0.3 is 9.73 Å². The second kappa shape index (κ2) is 6.40. The zero-order chi connectivity index (χ0) is 17.1. The number of aromatic nitrogens is 4. The Bertz CT molecular complexity index is 1020. The van der Waals surface area contributed by atoms with Crippen LogP contribution in [-0.2, 0) is 0 Å². The number of nitrogens with one attached hydrogen (secondary N) is 2. The van der Waals surface area contributed by atoms with E-state index in [0.717, 1.165) is 11.3 Å². The summed E-state index contributed by atoms with van der Waals surface area (Å²) in [4.78, 5) is 8.70. The van der Waals surface area contributed by atoms with E-state index in [4.69, 9.17) is 4.42 Å². The van der Waals surface area contributed by atoms with Gasteiger partial charge in [-0.25, -0.2) is 9.61 Å². The number of rotatable bonds is 5. The summed E-state index contributed by atoms with van der Waals surface area (Å²) in [5.41, 5.74) is 5.40. The molecule has 2 N–H and O–H groups in total. The maximum absolute atomic E-state index is 5.19. The van der Waals surface area contributed by atoms with Crippen LogP contribution in [0, 0.1) is 6.92 Å².